The molecule has 3 N–H and O–H groups in total. The fourth-order valence-corrected chi connectivity index (χ4v) is 2.09. The summed E-state index contributed by atoms with van der Waals surface area (Å²) in [7, 11) is 0. The third-order valence-corrected chi connectivity index (χ3v) is 3.04. The van der Waals surface area contributed by atoms with E-state index < -0.39 is 0 Å². The Morgan fingerprint density at radius 3 is 2.74 bits per heavy atom. The zero-order valence-electron chi connectivity index (χ0n) is 11.4. The molecule has 4 nitrogen and oxygen atoms in total. The summed E-state index contributed by atoms with van der Waals surface area (Å²) < 4.78 is 0. The molecule has 0 saturated heterocycles. The molecular formula is C15H20N4. The maximum atomic E-state index is 6.03. The molecule has 2 aromatic rings. The minimum atomic E-state index is 0.0651. The van der Waals surface area contributed by atoms with Crippen molar-refractivity contribution < 1.29 is 0 Å². The molecule has 100 valence electrons. The lowest BCUT2D eigenvalue weighted by Gasteiger charge is -2.21. The van der Waals surface area contributed by atoms with Crippen molar-refractivity contribution >= 4 is 5.82 Å². The topological polar surface area (TPSA) is 63.8 Å². The van der Waals surface area contributed by atoms with Gasteiger partial charge in [0, 0.05) is 24.2 Å². The van der Waals surface area contributed by atoms with Gasteiger partial charge in [0.2, 0.25) is 0 Å². The predicted octanol–water partition coefficient (Wildman–Crippen LogP) is 2.46. The second-order valence-corrected chi connectivity index (χ2v) is 4.65. The Hall–Kier alpha value is -1.94. The average molecular weight is 256 g/mol. The van der Waals surface area contributed by atoms with E-state index in [-0.39, 0.29) is 6.04 Å². The maximum Gasteiger partial charge on any atom is 0.128 e. The summed E-state index contributed by atoms with van der Waals surface area (Å²) in [4.78, 5) is 8.32. The molecular weight excluding hydrogens is 236 g/mol. The molecule has 0 spiro atoms. The van der Waals surface area contributed by atoms with Crippen LogP contribution in [0.5, 0.6) is 0 Å². The Bertz CT molecular complexity index is 525. The van der Waals surface area contributed by atoms with Crippen LogP contribution in [-0.4, -0.2) is 16.5 Å². The molecule has 0 amide bonds. The molecule has 2 rings (SSSR count). The minimum Gasteiger partial charge on any atom is -0.383 e. The molecule has 0 aromatic carbocycles. The van der Waals surface area contributed by atoms with Crippen molar-refractivity contribution in [3.05, 3.63) is 53.5 Å². The van der Waals surface area contributed by atoms with Gasteiger partial charge in [-0.1, -0.05) is 6.92 Å². The quantitative estimate of drug-likeness (QED) is 0.862. The van der Waals surface area contributed by atoms with E-state index in [0.717, 1.165) is 29.7 Å². The first-order chi connectivity index (χ1) is 9.22. The van der Waals surface area contributed by atoms with Gasteiger partial charge in [-0.25, -0.2) is 4.98 Å². The Morgan fingerprint density at radius 2 is 2.05 bits per heavy atom. The molecule has 0 aliphatic heterocycles. The zero-order chi connectivity index (χ0) is 13.7. The summed E-state index contributed by atoms with van der Waals surface area (Å²) in [5.74, 6) is 0.580. The van der Waals surface area contributed by atoms with Crippen molar-refractivity contribution in [2.75, 3.05) is 12.3 Å². The summed E-state index contributed by atoms with van der Waals surface area (Å²) in [6, 6.07) is 6.18. The highest BCUT2D eigenvalue weighted by Crippen LogP contribution is 2.25. The summed E-state index contributed by atoms with van der Waals surface area (Å²) in [6.45, 7) is 5.11. The molecule has 0 aliphatic rings. The van der Waals surface area contributed by atoms with Crippen LogP contribution in [-0.2, 0) is 0 Å². The van der Waals surface area contributed by atoms with Gasteiger partial charge in [-0.05, 0) is 49.2 Å². The normalized spacial score (nSPS) is 12.3. The van der Waals surface area contributed by atoms with Gasteiger partial charge in [0.05, 0.1) is 6.04 Å². The molecule has 2 aromatic heterocycles. The standard InChI is InChI=1S/C15H20N4/c1-3-6-18-14(12-4-7-17-8-5-12)13-9-11(2)10-19-15(13)16/h4-5,7-10,14,18H,3,6H2,1-2H3,(H2,16,19). The SMILES string of the molecule is CCCNC(c1ccncc1)c1cc(C)cnc1N. The van der Waals surface area contributed by atoms with Gasteiger partial charge in [0.15, 0.2) is 0 Å². The molecule has 1 unspecified atom stereocenters. The summed E-state index contributed by atoms with van der Waals surface area (Å²) >= 11 is 0. The smallest absolute Gasteiger partial charge is 0.128 e. The van der Waals surface area contributed by atoms with E-state index in [2.05, 4.69) is 28.3 Å². The van der Waals surface area contributed by atoms with Gasteiger partial charge < -0.3 is 11.1 Å². The lowest BCUT2D eigenvalue weighted by atomic mass is 9.99. The molecule has 4 heteroatoms. The van der Waals surface area contributed by atoms with Crippen molar-refractivity contribution in [3.8, 4) is 0 Å². The number of nitrogen functional groups attached to an aromatic ring is 1. The molecule has 0 aliphatic carbocycles. The van der Waals surface area contributed by atoms with Gasteiger partial charge in [-0.2, -0.15) is 0 Å². The first-order valence-electron chi connectivity index (χ1n) is 6.57. The predicted molar refractivity (Wildman–Crippen MR) is 77.8 cm³/mol. The molecule has 0 radical (unpaired) electrons. The van der Waals surface area contributed by atoms with Gasteiger partial charge >= 0.3 is 0 Å². The van der Waals surface area contributed by atoms with Gasteiger partial charge in [0.1, 0.15) is 5.82 Å². The van der Waals surface area contributed by atoms with Crippen LogP contribution in [0.15, 0.2) is 36.8 Å². The molecule has 1 atom stereocenters. The fourth-order valence-electron chi connectivity index (χ4n) is 2.09. The van der Waals surface area contributed by atoms with E-state index in [4.69, 9.17) is 5.73 Å². The van der Waals surface area contributed by atoms with Gasteiger partial charge in [-0.15, -0.1) is 0 Å². The average Bonchev–Trinajstić information content (AvgIpc) is 2.44. The van der Waals surface area contributed by atoms with Crippen molar-refractivity contribution in [2.24, 2.45) is 0 Å². The Balaban J connectivity index is 2.40. The molecule has 19 heavy (non-hydrogen) atoms. The van der Waals surface area contributed by atoms with E-state index in [9.17, 15) is 0 Å². The Kier molecular flexibility index (Phi) is 4.47. The minimum absolute atomic E-state index is 0.0651. The van der Waals surface area contributed by atoms with Crippen LogP contribution in [0.1, 0.15) is 36.1 Å². The van der Waals surface area contributed by atoms with Crippen LogP contribution in [0.25, 0.3) is 0 Å². The van der Waals surface area contributed by atoms with Crippen molar-refractivity contribution in [1.29, 1.82) is 0 Å². The van der Waals surface area contributed by atoms with Crippen LogP contribution < -0.4 is 11.1 Å². The van der Waals surface area contributed by atoms with E-state index >= 15 is 0 Å². The van der Waals surface area contributed by atoms with Crippen molar-refractivity contribution in [2.45, 2.75) is 26.3 Å². The number of hydrogen-bond acceptors (Lipinski definition) is 4. The number of aryl methyl sites for hydroxylation is 1. The number of pyridine rings is 2. The highest BCUT2D eigenvalue weighted by molar-refractivity contribution is 5.46. The largest absolute Gasteiger partial charge is 0.383 e. The van der Waals surface area contributed by atoms with E-state index in [0.29, 0.717) is 5.82 Å². The summed E-state index contributed by atoms with van der Waals surface area (Å²) in [5.41, 5.74) is 9.33. The monoisotopic (exact) mass is 256 g/mol. The molecule has 2 heterocycles. The first-order valence-corrected chi connectivity index (χ1v) is 6.57. The maximum absolute atomic E-state index is 6.03. The molecule has 0 fully saturated rings. The van der Waals surface area contributed by atoms with Gasteiger partial charge in [-0.3, -0.25) is 4.98 Å². The number of rotatable bonds is 5. The highest BCUT2D eigenvalue weighted by atomic mass is 14.9. The van der Waals surface area contributed by atoms with Crippen LogP contribution in [0.4, 0.5) is 5.82 Å². The third kappa shape index (κ3) is 3.29. The summed E-state index contributed by atoms with van der Waals surface area (Å²) in [6.07, 6.45) is 6.47. The van der Waals surface area contributed by atoms with Crippen LogP contribution >= 0.6 is 0 Å². The first kappa shape index (κ1) is 13.5. The Morgan fingerprint density at radius 1 is 1.32 bits per heavy atom. The lowest BCUT2D eigenvalue weighted by Crippen LogP contribution is -2.24. The van der Waals surface area contributed by atoms with Gasteiger partial charge in [0.25, 0.3) is 0 Å². The number of nitrogens with one attached hydrogen (secondary N) is 1. The van der Waals surface area contributed by atoms with Crippen molar-refractivity contribution in [3.63, 3.8) is 0 Å². The highest BCUT2D eigenvalue weighted by Gasteiger charge is 2.16. The molecule has 0 saturated carbocycles. The van der Waals surface area contributed by atoms with Crippen LogP contribution in [0.2, 0.25) is 0 Å². The van der Waals surface area contributed by atoms with Crippen LogP contribution in [0, 0.1) is 6.92 Å². The fraction of sp³-hybridized carbons (Fsp3) is 0.333. The van der Waals surface area contributed by atoms with E-state index in [1.54, 1.807) is 18.6 Å². The third-order valence-electron chi connectivity index (χ3n) is 3.04. The number of nitrogens with two attached hydrogens (primary N) is 1. The number of anilines is 1. The van der Waals surface area contributed by atoms with E-state index in [1.165, 1.54) is 0 Å². The molecule has 0 bridgehead atoms. The zero-order valence-corrected chi connectivity index (χ0v) is 11.4. The number of hydrogen-bond donors (Lipinski definition) is 2. The second kappa shape index (κ2) is 6.29. The Labute approximate surface area is 114 Å². The van der Waals surface area contributed by atoms with E-state index in [1.807, 2.05) is 19.1 Å². The van der Waals surface area contributed by atoms with Crippen molar-refractivity contribution in [1.82, 2.24) is 15.3 Å². The van der Waals surface area contributed by atoms with Crippen LogP contribution in [0.3, 0.4) is 0 Å². The number of nitrogens with zero attached hydrogens (tertiary/aromatic N) is 2. The summed E-state index contributed by atoms with van der Waals surface area (Å²) in [5, 5.41) is 3.52. The number of aromatic nitrogens is 2. The second-order valence-electron chi connectivity index (χ2n) is 4.65. The lowest BCUT2D eigenvalue weighted by molar-refractivity contribution is 0.597.